The molecule has 1 amide bonds. The normalized spacial score (nSPS) is 27.6. The summed E-state index contributed by atoms with van der Waals surface area (Å²) in [5.41, 5.74) is 9.70. The van der Waals surface area contributed by atoms with Crippen LogP contribution in [0.3, 0.4) is 0 Å². The molecule has 28 heavy (non-hydrogen) atoms. The summed E-state index contributed by atoms with van der Waals surface area (Å²) in [6, 6.07) is 2.30. The number of aromatic nitrogens is 3. The lowest BCUT2D eigenvalue weighted by Crippen LogP contribution is -2.33. The molecule has 6 heteroatoms. The predicted molar refractivity (Wildman–Crippen MR) is 109 cm³/mol. The van der Waals surface area contributed by atoms with Gasteiger partial charge in [-0.25, -0.2) is 9.67 Å². The first-order chi connectivity index (χ1) is 13.2. The largest absolute Gasteiger partial charge is 0.338 e. The Morgan fingerprint density at radius 2 is 1.93 bits per heavy atom. The second-order valence-corrected chi connectivity index (χ2v) is 10.1. The third-order valence-corrected chi connectivity index (χ3v) is 6.89. The Bertz CT molecular complexity index is 952. The van der Waals surface area contributed by atoms with Crippen LogP contribution in [0, 0.1) is 18.8 Å². The van der Waals surface area contributed by atoms with E-state index in [-0.39, 0.29) is 17.5 Å². The Morgan fingerprint density at radius 1 is 1.18 bits per heavy atom. The van der Waals surface area contributed by atoms with Crippen molar-refractivity contribution in [2.75, 3.05) is 13.1 Å². The smallest absolute Gasteiger partial charge is 0.254 e. The second kappa shape index (κ2) is 6.02. The SMILES string of the molecule is Cc1nn(C(C)(C)C)c2nc(C3CC3)cc(C(=O)N3CC4CCC(N)C4C3)c12. The number of amides is 1. The molecule has 6 nitrogen and oxygen atoms in total. The van der Waals surface area contributed by atoms with Gasteiger partial charge in [-0.05, 0) is 71.3 Å². The van der Waals surface area contributed by atoms with E-state index in [0.29, 0.717) is 17.8 Å². The molecule has 0 bridgehead atoms. The van der Waals surface area contributed by atoms with Crippen molar-refractivity contribution in [3.8, 4) is 0 Å². The summed E-state index contributed by atoms with van der Waals surface area (Å²) in [6.45, 7) is 10.0. The van der Waals surface area contributed by atoms with Gasteiger partial charge in [-0.2, -0.15) is 5.10 Å². The lowest BCUT2D eigenvalue weighted by Gasteiger charge is -2.21. The van der Waals surface area contributed by atoms with E-state index in [4.69, 9.17) is 15.8 Å². The molecule has 2 aliphatic carbocycles. The molecule has 3 unspecified atom stereocenters. The molecule has 0 spiro atoms. The molecule has 3 heterocycles. The fourth-order valence-electron chi connectivity index (χ4n) is 5.18. The molecule has 5 rings (SSSR count). The molecule has 3 fully saturated rings. The number of aryl methyl sites for hydroxylation is 1. The van der Waals surface area contributed by atoms with E-state index in [0.717, 1.165) is 66.8 Å². The fraction of sp³-hybridized carbons (Fsp3) is 0.682. The van der Waals surface area contributed by atoms with E-state index >= 15 is 0 Å². The molecule has 3 aliphatic rings. The summed E-state index contributed by atoms with van der Waals surface area (Å²) >= 11 is 0. The highest BCUT2D eigenvalue weighted by atomic mass is 16.2. The van der Waals surface area contributed by atoms with Gasteiger partial charge in [0.15, 0.2) is 5.65 Å². The lowest BCUT2D eigenvalue weighted by molar-refractivity contribution is 0.0781. The average molecular weight is 382 g/mol. The number of rotatable bonds is 2. The van der Waals surface area contributed by atoms with Crippen LogP contribution in [0.1, 0.15) is 74.1 Å². The maximum absolute atomic E-state index is 13.6. The van der Waals surface area contributed by atoms with Crippen LogP contribution in [0.4, 0.5) is 0 Å². The van der Waals surface area contributed by atoms with E-state index in [2.05, 4.69) is 26.8 Å². The van der Waals surface area contributed by atoms with Crippen molar-refractivity contribution in [1.29, 1.82) is 0 Å². The van der Waals surface area contributed by atoms with Gasteiger partial charge in [-0.3, -0.25) is 4.79 Å². The van der Waals surface area contributed by atoms with Crippen LogP contribution in [0.2, 0.25) is 0 Å². The standard InChI is InChI=1S/C22H31N5O/c1-12-19-15(21(28)26-10-14-7-8-17(23)16(14)11-26)9-18(13-5-6-13)24-20(19)27(25-12)22(2,3)4/h9,13-14,16-17H,5-8,10-11,23H2,1-4H3. The highest BCUT2D eigenvalue weighted by molar-refractivity contribution is 6.06. The van der Waals surface area contributed by atoms with Crippen LogP contribution in [0.5, 0.6) is 0 Å². The van der Waals surface area contributed by atoms with Crippen molar-refractivity contribution >= 4 is 16.9 Å². The number of likely N-dealkylation sites (tertiary alicyclic amines) is 1. The second-order valence-electron chi connectivity index (χ2n) is 10.1. The Labute approximate surface area is 166 Å². The maximum Gasteiger partial charge on any atom is 0.254 e. The summed E-state index contributed by atoms with van der Waals surface area (Å²) in [5, 5.41) is 5.71. The Hall–Kier alpha value is -1.95. The van der Waals surface area contributed by atoms with E-state index in [1.165, 1.54) is 0 Å². The molecule has 2 N–H and O–H groups in total. The van der Waals surface area contributed by atoms with Gasteiger partial charge in [0.05, 0.1) is 22.2 Å². The van der Waals surface area contributed by atoms with Crippen LogP contribution >= 0.6 is 0 Å². The number of carbonyl (C=O) groups excluding carboxylic acids is 1. The molecule has 1 saturated heterocycles. The van der Waals surface area contributed by atoms with Gasteiger partial charge in [-0.1, -0.05) is 0 Å². The first-order valence-corrected chi connectivity index (χ1v) is 10.7. The Morgan fingerprint density at radius 3 is 2.57 bits per heavy atom. The van der Waals surface area contributed by atoms with Crippen molar-refractivity contribution in [3.63, 3.8) is 0 Å². The van der Waals surface area contributed by atoms with Gasteiger partial charge < -0.3 is 10.6 Å². The predicted octanol–water partition coefficient (Wildman–Crippen LogP) is 3.18. The van der Waals surface area contributed by atoms with E-state index in [1.54, 1.807) is 0 Å². The minimum absolute atomic E-state index is 0.132. The number of nitrogens with two attached hydrogens (primary N) is 1. The molecule has 2 saturated carbocycles. The molecule has 2 aromatic rings. The summed E-state index contributed by atoms with van der Waals surface area (Å²) in [7, 11) is 0. The quantitative estimate of drug-likeness (QED) is 0.867. The highest BCUT2D eigenvalue weighted by Gasteiger charge is 2.43. The monoisotopic (exact) mass is 381 g/mol. The number of nitrogens with zero attached hydrogens (tertiary/aromatic N) is 4. The van der Waals surface area contributed by atoms with Crippen molar-refractivity contribution in [3.05, 3.63) is 23.0 Å². The molecule has 1 aliphatic heterocycles. The molecule has 150 valence electrons. The molecule has 2 aromatic heterocycles. The van der Waals surface area contributed by atoms with E-state index in [9.17, 15) is 4.79 Å². The first-order valence-electron chi connectivity index (χ1n) is 10.7. The minimum atomic E-state index is -0.181. The maximum atomic E-state index is 13.6. The third-order valence-electron chi connectivity index (χ3n) is 6.89. The van der Waals surface area contributed by atoms with Gasteiger partial charge in [0.1, 0.15) is 0 Å². The van der Waals surface area contributed by atoms with Gasteiger partial charge in [0, 0.05) is 30.7 Å². The van der Waals surface area contributed by atoms with Gasteiger partial charge in [-0.15, -0.1) is 0 Å². The topological polar surface area (TPSA) is 77.0 Å². The Balaban J connectivity index is 1.60. The van der Waals surface area contributed by atoms with Crippen molar-refractivity contribution < 1.29 is 4.79 Å². The van der Waals surface area contributed by atoms with E-state index < -0.39 is 0 Å². The minimum Gasteiger partial charge on any atom is -0.338 e. The third kappa shape index (κ3) is 2.76. The summed E-state index contributed by atoms with van der Waals surface area (Å²) in [6.07, 6.45) is 4.57. The van der Waals surface area contributed by atoms with E-state index in [1.807, 2.05) is 16.5 Å². The zero-order valence-electron chi connectivity index (χ0n) is 17.4. The average Bonchev–Trinajstić information content (AvgIpc) is 3.18. The number of hydrogen-bond donors (Lipinski definition) is 1. The molecular weight excluding hydrogens is 350 g/mol. The van der Waals surface area contributed by atoms with Gasteiger partial charge in [0.25, 0.3) is 5.91 Å². The van der Waals surface area contributed by atoms with Crippen LogP contribution < -0.4 is 5.73 Å². The number of fused-ring (bicyclic) bond motifs is 2. The number of carbonyl (C=O) groups is 1. The van der Waals surface area contributed by atoms with Crippen molar-refractivity contribution in [2.24, 2.45) is 17.6 Å². The highest BCUT2D eigenvalue weighted by Crippen LogP contribution is 2.42. The van der Waals surface area contributed by atoms with Crippen molar-refractivity contribution in [1.82, 2.24) is 19.7 Å². The Kier molecular flexibility index (Phi) is 3.89. The fourth-order valence-corrected chi connectivity index (χ4v) is 5.18. The van der Waals surface area contributed by atoms with Gasteiger partial charge in [0.2, 0.25) is 0 Å². The van der Waals surface area contributed by atoms with Gasteiger partial charge >= 0.3 is 0 Å². The first kappa shape index (κ1) is 18.1. The summed E-state index contributed by atoms with van der Waals surface area (Å²) in [4.78, 5) is 20.6. The van der Waals surface area contributed by atoms with Crippen LogP contribution in [-0.2, 0) is 5.54 Å². The molecule has 3 atom stereocenters. The summed E-state index contributed by atoms with van der Waals surface area (Å²) in [5.74, 6) is 1.65. The van der Waals surface area contributed by atoms with Crippen LogP contribution in [-0.4, -0.2) is 44.7 Å². The number of pyridine rings is 1. The molecule has 0 aromatic carbocycles. The van der Waals surface area contributed by atoms with Crippen molar-refractivity contribution in [2.45, 2.75) is 70.9 Å². The zero-order chi connectivity index (χ0) is 19.8. The van der Waals surface area contributed by atoms with Crippen LogP contribution in [0.25, 0.3) is 11.0 Å². The van der Waals surface area contributed by atoms with Crippen LogP contribution in [0.15, 0.2) is 6.07 Å². The number of hydrogen-bond acceptors (Lipinski definition) is 4. The molecular formula is C22H31N5O. The molecule has 0 radical (unpaired) electrons. The summed E-state index contributed by atoms with van der Waals surface area (Å²) < 4.78 is 1.99. The zero-order valence-corrected chi connectivity index (χ0v) is 17.4. The lowest BCUT2D eigenvalue weighted by atomic mass is 9.98.